The van der Waals surface area contributed by atoms with E-state index in [1.165, 1.54) is 12.1 Å². The number of alkyl halides is 3. The summed E-state index contributed by atoms with van der Waals surface area (Å²) >= 11 is 5.68. The maximum atomic E-state index is 13.1. The second-order valence-corrected chi connectivity index (χ2v) is 5.10. The van der Waals surface area contributed by atoms with Crippen molar-refractivity contribution >= 4 is 22.5 Å². The second-order valence-electron chi connectivity index (χ2n) is 4.66. The topological polar surface area (TPSA) is 17.8 Å². The van der Waals surface area contributed by atoms with Crippen LogP contribution in [0.5, 0.6) is 0 Å². The van der Waals surface area contributed by atoms with Gasteiger partial charge in [-0.2, -0.15) is 18.3 Å². The number of rotatable bonds is 2. The number of nitrogens with zero attached hydrogens (tertiary/aromatic N) is 2. The summed E-state index contributed by atoms with van der Waals surface area (Å²) in [6.45, 7) is 0.0412. The van der Waals surface area contributed by atoms with Gasteiger partial charge in [0, 0.05) is 10.4 Å². The van der Waals surface area contributed by atoms with Crippen molar-refractivity contribution in [1.82, 2.24) is 9.78 Å². The maximum absolute atomic E-state index is 13.1. The molecule has 0 unspecified atom stereocenters. The first-order valence-electron chi connectivity index (χ1n) is 6.21. The molecule has 0 fully saturated rings. The van der Waals surface area contributed by atoms with E-state index in [0.717, 1.165) is 17.0 Å². The number of benzene rings is 2. The fourth-order valence-electron chi connectivity index (χ4n) is 2.26. The fourth-order valence-corrected chi connectivity index (χ4v) is 2.44. The minimum Gasteiger partial charge on any atom is -0.260 e. The van der Waals surface area contributed by atoms with Crippen molar-refractivity contribution in [3.8, 4) is 0 Å². The smallest absolute Gasteiger partial charge is 0.260 e. The van der Waals surface area contributed by atoms with Gasteiger partial charge < -0.3 is 0 Å². The van der Waals surface area contributed by atoms with E-state index in [4.69, 9.17) is 11.6 Å². The largest absolute Gasteiger partial charge is 0.416 e. The fraction of sp³-hybridized carbons (Fsp3) is 0.133. The highest BCUT2D eigenvalue weighted by molar-refractivity contribution is 6.30. The standard InChI is InChI=1S/C15H10ClF3N2/c16-12-6-5-11(13(7-12)15(17,18)19)9-21-14-4-2-1-3-10(14)8-20-21/h1-8H,9H2. The summed E-state index contributed by atoms with van der Waals surface area (Å²) in [5.41, 5.74) is 0.205. The molecule has 21 heavy (non-hydrogen) atoms. The van der Waals surface area contributed by atoms with Gasteiger partial charge in [-0.05, 0) is 23.8 Å². The van der Waals surface area contributed by atoms with Crippen molar-refractivity contribution in [2.24, 2.45) is 0 Å². The Hall–Kier alpha value is -2.01. The molecule has 6 heteroatoms. The van der Waals surface area contributed by atoms with Gasteiger partial charge in [0.15, 0.2) is 0 Å². The van der Waals surface area contributed by atoms with Gasteiger partial charge in [0.05, 0.1) is 23.8 Å². The number of aromatic nitrogens is 2. The molecule has 0 N–H and O–H groups in total. The Bertz CT molecular complexity index is 793. The van der Waals surface area contributed by atoms with Crippen molar-refractivity contribution < 1.29 is 13.2 Å². The molecule has 3 aromatic rings. The molecular formula is C15H10ClF3N2. The summed E-state index contributed by atoms with van der Waals surface area (Å²) in [7, 11) is 0. The van der Waals surface area contributed by atoms with Crippen LogP contribution in [-0.4, -0.2) is 9.78 Å². The summed E-state index contributed by atoms with van der Waals surface area (Å²) < 4.78 is 40.8. The first-order valence-corrected chi connectivity index (χ1v) is 6.59. The molecule has 0 aliphatic carbocycles. The quantitative estimate of drug-likeness (QED) is 0.667. The zero-order valence-electron chi connectivity index (χ0n) is 10.7. The van der Waals surface area contributed by atoms with Gasteiger partial charge >= 0.3 is 6.18 Å². The Morgan fingerprint density at radius 1 is 1.10 bits per heavy atom. The van der Waals surface area contributed by atoms with Crippen LogP contribution in [0.1, 0.15) is 11.1 Å². The minimum atomic E-state index is -4.44. The Kier molecular flexibility index (Phi) is 3.37. The Balaban J connectivity index is 2.06. The second kappa shape index (κ2) is 5.07. The molecule has 0 amide bonds. The molecule has 0 radical (unpaired) electrons. The molecule has 2 aromatic carbocycles. The van der Waals surface area contributed by atoms with Crippen LogP contribution in [0, 0.1) is 0 Å². The minimum absolute atomic E-state index is 0.0412. The third-order valence-corrected chi connectivity index (χ3v) is 3.48. The van der Waals surface area contributed by atoms with E-state index in [-0.39, 0.29) is 17.1 Å². The Morgan fingerprint density at radius 2 is 1.86 bits per heavy atom. The molecule has 0 aliphatic rings. The number of hydrogen-bond acceptors (Lipinski definition) is 1. The highest BCUT2D eigenvalue weighted by Crippen LogP contribution is 2.34. The molecule has 0 aliphatic heterocycles. The summed E-state index contributed by atoms with van der Waals surface area (Å²) in [6.07, 6.45) is -2.80. The Labute approximate surface area is 123 Å². The molecule has 0 spiro atoms. The lowest BCUT2D eigenvalue weighted by Gasteiger charge is -2.13. The van der Waals surface area contributed by atoms with Gasteiger partial charge in [0.1, 0.15) is 0 Å². The summed E-state index contributed by atoms with van der Waals surface area (Å²) in [4.78, 5) is 0. The van der Waals surface area contributed by atoms with Crippen LogP contribution in [-0.2, 0) is 12.7 Å². The number of halogens is 4. The van der Waals surface area contributed by atoms with E-state index in [0.29, 0.717) is 0 Å². The van der Waals surface area contributed by atoms with Crippen LogP contribution in [0.25, 0.3) is 10.9 Å². The zero-order valence-corrected chi connectivity index (χ0v) is 11.5. The van der Waals surface area contributed by atoms with Crippen molar-refractivity contribution in [3.05, 3.63) is 64.8 Å². The van der Waals surface area contributed by atoms with E-state index in [2.05, 4.69) is 5.10 Å². The highest BCUT2D eigenvalue weighted by Gasteiger charge is 2.33. The van der Waals surface area contributed by atoms with E-state index < -0.39 is 11.7 Å². The maximum Gasteiger partial charge on any atom is 0.416 e. The van der Waals surface area contributed by atoms with Gasteiger partial charge in [-0.15, -0.1) is 0 Å². The van der Waals surface area contributed by atoms with Crippen molar-refractivity contribution in [1.29, 1.82) is 0 Å². The molecule has 1 heterocycles. The molecule has 2 nitrogen and oxygen atoms in total. The predicted molar refractivity (Wildman–Crippen MR) is 75.3 cm³/mol. The molecular weight excluding hydrogens is 301 g/mol. The lowest BCUT2D eigenvalue weighted by molar-refractivity contribution is -0.138. The van der Waals surface area contributed by atoms with Crippen LogP contribution in [0.4, 0.5) is 13.2 Å². The number of fused-ring (bicyclic) bond motifs is 1. The van der Waals surface area contributed by atoms with Crippen molar-refractivity contribution in [3.63, 3.8) is 0 Å². The molecule has 0 atom stereocenters. The summed E-state index contributed by atoms with van der Waals surface area (Å²) in [5.74, 6) is 0. The van der Waals surface area contributed by atoms with Crippen LogP contribution < -0.4 is 0 Å². The first-order chi connectivity index (χ1) is 9.95. The van der Waals surface area contributed by atoms with Crippen LogP contribution in [0.3, 0.4) is 0 Å². The molecule has 0 bridgehead atoms. The Morgan fingerprint density at radius 3 is 2.62 bits per heavy atom. The third kappa shape index (κ3) is 2.74. The van der Waals surface area contributed by atoms with Gasteiger partial charge in [-0.25, -0.2) is 0 Å². The van der Waals surface area contributed by atoms with Crippen LogP contribution >= 0.6 is 11.6 Å². The third-order valence-electron chi connectivity index (χ3n) is 3.25. The van der Waals surface area contributed by atoms with E-state index in [1.54, 1.807) is 10.9 Å². The average molecular weight is 311 g/mol. The summed E-state index contributed by atoms with van der Waals surface area (Å²) in [5, 5.41) is 5.11. The van der Waals surface area contributed by atoms with Gasteiger partial charge in [0.2, 0.25) is 0 Å². The summed E-state index contributed by atoms with van der Waals surface area (Å²) in [6, 6.07) is 11.2. The highest BCUT2D eigenvalue weighted by atomic mass is 35.5. The van der Waals surface area contributed by atoms with E-state index >= 15 is 0 Å². The molecule has 108 valence electrons. The molecule has 0 saturated carbocycles. The van der Waals surface area contributed by atoms with Gasteiger partial charge in [-0.3, -0.25) is 4.68 Å². The van der Waals surface area contributed by atoms with Crippen LogP contribution in [0.15, 0.2) is 48.7 Å². The van der Waals surface area contributed by atoms with E-state index in [1.807, 2.05) is 24.3 Å². The number of para-hydroxylation sites is 1. The van der Waals surface area contributed by atoms with Crippen molar-refractivity contribution in [2.45, 2.75) is 12.7 Å². The molecule has 0 saturated heterocycles. The monoisotopic (exact) mass is 310 g/mol. The lowest BCUT2D eigenvalue weighted by Crippen LogP contribution is -2.12. The lowest BCUT2D eigenvalue weighted by atomic mass is 10.1. The number of hydrogen-bond donors (Lipinski definition) is 0. The SMILES string of the molecule is FC(F)(F)c1cc(Cl)ccc1Cn1ncc2ccccc21. The predicted octanol–water partition coefficient (Wildman–Crippen LogP) is 4.76. The van der Waals surface area contributed by atoms with Gasteiger partial charge in [0.25, 0.3) is 0 Å². The normalized spacial score (nSPS) is 12.0. The van der Waals surface area contributed by atoms with Crippen LogP contribution in [0.2, 0.25) is 5.02 Å². The van der Waals surface area contributed by atoms with Crippen molar-refractivity contribution in [2.75, 3.05) is 0 Å². The molecule has 3 rings (SSSR count). The zero-order chi connectivity index (χ0) is 15.0. The van der Waals surface area contributed by atoms with Gasteiger partial charge in [-0.1, -0.05) is 35.9 Å². The van der Waals surface area contributed by atoms with E-state index in [9.17, 15) is 13.2 Å². The first kappa shape index (κ1) is 13.9. The molecule has 1 aromatic heterocycles. The average Bonchev–Trinajstić information content (AvgIpc) is 2.83.